The fraction of sp³-hybridized carbons (Fsp3) is 0.235. The maximum Gasteiger partial charge on any atom is 0.323 e. The Morgan fingerprint density at radius 3 is 2.67 bits per heavy atom. The Hall–Kier alpha value is -2.67. The monoisotopic (exact) mass is 343 g/mol. The van der Waals surface area contributed by atoms with Crippen molar-refractivity contribution in [2.75, 3.05) is 13.6 Å². The van der Waals surface area contributed by atoms with Crippen LogP contribution in [0.2, 0.25) is 0 Å². The highest BCUT2D eigenvalue weighted by atomic mass is 32.1. The fourth-order valence-corrected chi connectivity index (χ4v) is 3.21. The van der Waals surface area contributed by atoms with E-state index in [1.54, 1.807) is 28.8 Å². The van der Waals surface area contributed by atoms with Crippen molar-refractivity contribution in [2.45, 2.75) is 13.5 Å². The van der Waals surface area contributed by atoms with Gasteiger partial charge in [-0.1, -0.05) is 18.2 Å². The van der Waals surface area contributed by atoms with Crippen LogP contribution in [-0.4, -0.2) is 50.1 Å². The minimum atomic E-state index is -0.914. The third-order valence-corrected chi connectivity index (χ3v) is 4.57. The molecule has 24 heavy (non-hydrogen) atoms. The number of thiocarbonyl (C=S) groups is 1. The van der Waals surface area contributed by atoms with Gasteiger partial charge in [-0.05, 0) is 31.3 Å². The summed E-state index contributed by atoms with van der Waals surface area (Å²) < 4.78 is 1.67. The number of carbonyl (C=O) groups is 2. The number of benzene rings is 1. The van der Waals surface area contributed by atoms with Crippen molar-refractivity contribution in [1.82, 2.24) is 14.4 Å². The average Bonchev–Trinajstić information content (AvgIpc) is 2.98. The van der Waals surface area contributed by atoms with Crippen molar-refractivity contribution >= 4 is 46.2 Å². The van der Waals surface area contributed by atoms with Crippen LogP contribution < -0.4 is 0 Å². The number of fused-ring (bicyclic) bond motifs is 1. The number of nitrogens with zero attached hydrogens (tertiary/aromatic N) is 3. The summed E-state index contributed by atoms with van der Waals surface area (Å²) >= 11 is 5.30. The van der Waals surface area contributed by atoms with E-state index >= 15 is 0 Å². The van der Waals surface area contributed by atoms with Gasteiger partial charge in [0.2, 0.25) is 0 Å². The summed E-state index contributed by atoms with van der Waals surface area (Å²) in [6.07, 6.45) is 3.52. The van der Waals surface area contributed by atoms with E-state index in [1.165, 1.54) is 4.90 Å². The average molecular weight is 343 g/mol. The summed E-state index contributed by atoms with van der Waals surface area (Å²) in [5, 5.41) is 10.5. The van der Waals surface area contributed by atoms with Crippen molar-refractivity contribution in [3.05, 3.63) is 41.7 Å². The summed E-state index contributed by atoms with van der Waals surface area (Å²) in [6.45, 7) is 2.26. The zero-order valence-electron chi connectivity index (χ0n) is 13.4. The number of hydrogen-bond acceptors (Lipinski definition) is 3. The Balaban J connectivity index is 2.12. The zero-order valence-corrected chi connectivity index (χ0v) is 14.2. The highest BCUT2D eigenvalue weighted by molar-refractivity contribution is 7.80. The molecular formula is C17H17N3O3S. The van der Waals surface area contributed by atoms with Crippen LogP contribution in [0.5, 0.6) is 0 Å². The molecule has 1 aliphatic rings. The molecule has 0 radical (unpaired) electrons. The van der Waals surface area contributed by atoms with Crippen LogP contribution in [0.25, 0.3) is 17.0 Å². The quantitative estimate of drug-likeness (QED) is 0.681. The highest BCUT2D eigenvalue weighted by Gasteiger charge is 2.34. The van der Waals surface area contributed by atoms with Crippen molar-refractivity contribution in [3.8, 4) is 0 Å². The summed E-state index contributed by atoms with van der Waals surface area (Å²) in [6, 6.07) is 7.52. The fourth-order valence-electron chi connectivity index (χ4n) is 2.90. The van der Waals surface area contributed by atoms with Gasteiger partial charge in [0, 0.05) is 36.3 Å². The van der Waals surface area contributed by atoms with Crippen molar-refractivity contribution in [3.63, 3.8) is 0 Å². The number of carbonyl (C=O) groups excluding carboxylic acids is 1. The first kappa shape index (κ1) is 16.2. The number of hydrogen-bond donors (Lipinski definition) is 1. The third-order valence-electron chi connectivity index (χ3n) is 4.08. The molecular weight excluding hydrogens is 326 g/mol. The molecule has 1 amide bonds. The van der Waals surface area contributed by atoms with E-state index in [0.29, 0.717) is 17.4 Å². The van der Waals surface area contributed by atoms with E-state index < -0.39 is 5.97 Å². The van der Waals surface area contributed by atoms with Gasteiger partial charge in [-0.25, -0.2) is 0 Å². The lowest BCUT2D eigenvalue weighted by atomic mass is 10.1. The molecule has 1 aromatic heterocycles. The van der Waals surface area contributed by atoms with Gasteiger partial charge in [0.05, 0.1) is 0 Å². The van der Waals surface area contributed by atoms with E-state index in [1.807, 2.05) is 31.2 Å². The molecule has 1 N–H and O–H groups in total. The molecule has 2 aromatic rings. The topological polar surface area (TPSA) is 65.8 Å². The second-order valence-corrected chi connectivity index (χ2v) is 5.91. The van der Waals surface area contributed by atoms with Crippen LogP contribution in [0.1, 0.15) is 12.5 Å². The van der Waals surface area contributed by atoms with E-state index in [0.717, 1.165) is 16.5 Å². The molecule has 1 saturated heterocycles. The summed E-state index contributed by atoms with van der Waals surface area (Å²) in [5.41, 5.74) is 2.10. The van der Waals surface area contributed by atoms with Gasteiger partial charge in [0.15, 0.2) is 5.11 Å². The lowest BCUT2D eigenvalue weighted by Crippen LogP contribution is -2.30. The second-order valence-electron chi connectivity index (χ2n) is 5.54. The number of amides is 1. The first-order chi connectivity index (χ1) is 11.4. The predicted molar refractivity (Wildman–Crippen MR) is 95.3 cm³/mol. The molecule has 0 atom stereocenters. The van der Waals surface area contributed by atoms with Crippen LogP contribution in [0.15, 0.2) is 36.2 Å². The van der Waals surface area contributed by atoms with E-state index in [9.17, 15) is 9.59 Å². The van der Waals surface area contributed by atoms with E-state index in [4.69, 9.17) is 17.3 Å². The van der Waals surface area contributed by atoms with Gasteiger partial charge >= 0.3 is 5.97 Å². The first-order valence-electron chi connectivity index (χ1n) is 7.55. The van der Waals surface area contributed by atoms with Crippen molar-refractivity contribution in [2.24, 2.45) is 0 Å². The van der Waals surface area contributed by atoms with Gasteiger partial charge in [-0.3, -0.25) is 14.5 Å². The van der Waals surface area contributed by atoms with Gasteiger partial charge in [0.25, 0.3) is 5.91 Å². The molecule has 0 bridgehead atoms. The summed E-state index contributed by atoms with van der Waals surface area (Å²) in [4.78, 5) is 26.8. The SMILES string of the molecule is CCN1C(=O)/C(=C/c2cn(CC(=O)O)c3ccccc23)N(C)C1=S. The minimum absolute atomic E-state index is 0.132. The lowest BCUT2D eigenvalue weighted by Gasteiger charge is -2.13. The number of carboxylic acids is 1. The molecule has 0 saturated carbocycles. The zero-order chi connectivity index (χ0) is 17.4. The van der Waals surface area contributed by atoms with Crippen molar-refractivity contribution < 1.29 is 14.7 Å². The Labute approximate surface area is 144 Å². The highest BCUT2D eigenvalue weighted by Crippen LogP contribution is 2.27. The number of likely N-dealkylation sites (N-methyl/N-ethyl adjacent to an activating group) is 2. The smallest absolute Gasteiger partial charge is 0.323 e. The van der Waals surface area contributed by atoms with Crippen LogP contribution in [0.3, 0.4) is 0 Å². The molecule has 3 rings (SSSR count). The normalized spacial score (nSPS) is 16.7. The largest absolute Gasteiger partial charge is 0.480 e. The van der Waals surface area contributed by atoms with Gasteiger partial charge in [-0.15, -0.1) is 0 Å². The Kier molecular flexibility index (Phi) is 4.11. The Bertz CT molecular complexity index is 884. The maximum absolute atomic E-state index is 12.5. The molecule has 1 aliphatic heterocycles. The summed E-state index contributed by atoms with van der Waals surface area (Å²) in [7, 11) is 1.76. The molecule has 0 spiro atoms. The molecule has 2 heterocycles. The number of aliphatic carboxylic acids is 1. The van der Waals surface area contributed by atoms with E-state index in [-0.39, 0.29) is 12.5 Å². The molecule has 0 aliphatic carbocycles. The summed E-state index contributed by atoms with van der Waals surface area (Å²) in [5.74, 6) is -1.05. The van der Waals surface area contributed by atoms with Gasteiger partial charge in [-0.2, -0.15) is 0 Å². The maximum atomic E-state index is 12.5. The van der Waals surface area contributed by atoms with Gasteiger partial charge < -0.3 is 14.6 Å². The van der Waals surface area contributed by atoms with Crippen LogP contribution in [-0.2, 0) is 16.1 Å². The second kappa shape index (κ2) is 6.09. The molecule has 0 unspecified atom stereocenters. The number of rotatable bonds is 4. The van der Waals surface area contributed by atoms with Crippen LogP contribution in [0, 0.1) is 0 Å². The lowest BCUT2D eigenvalue weighted by molar-refractivity contribution is -0.137. The van der Waals surface area contributed by atoms with Crippen LogP contribution >= 0.6 is 12.2 Å². The number of para-hydroxylation sites is 1. The molecule has 7 heteroatoms. The number of aromatic nitrogens is 1. The van der Waals surface area contributed by atoms with Crippen LogP contribution in [0.4, 0.5) is 0 Å². The molecule has 1 aromatic carbocycles. The molecule has 124 valence electrons. The minimum Gasteiger partial charge on any atom is -0.480 e. The molecule has 1 fully saturated rings. The first-order valence-corrected chi connectivity index (χ1v) is 7.95. The molecule has 6 nitrogen and oxygen atoms in total. The number of carboxylic acid groups (broad SMARTS) is 1. The third kappa shape index (κ3) is 2.56. The standard InChI is InChI=1S/C17H17N3O3S/c1-3-20-16(23)14(18(2)17(20)24)8-11-9-19(10-15(21)22)13-7-5-4-6-12(11)13/h4-9H,3,10H2,1-2H3,(H,21,22)/b14-8-. The van der Waals surface area contributed by atoms with Crippen molar-refractivity contribution in [1.29, 1.82) is 0 Å². The Morgan fingerprint density at radius 2 is 2.04 bits per heavy atom. The van der Waals surface area contributed by atoms with Gasteiger partial charge in [0.1, 0.15) is 12.2 Å². The van der Waals surface area contributed by atoms with E-state index in [2.05, 4.69) is 0 Å². The predicted octanol–water partition coefficient (Wildman–Crippen LogP) is 2.15. The Morgan fingerprint density at radius 1 is 1.33 bits per heavy atom.